The SMILES string of the molecule is CC(=O)c1ccc(S(=O)(=O)N2CC[NH+](Cc3nc4ccccc4s3)CC2)cc1. The molecule has 0 saturated carbocycles. The predicted octanol–water partition coefficient (Wildman–Crippen LogP) is 1.59. The van der Waals surface area contributed by atoms with Gasteiger partial charge in [0.05, 0.1) is 41.3 Å². The van der Waals surface area contributed by atoms with Gasteiger partial charge in [-0.1, -0.05) is 24.3 Å². The van der Waals surface area contributed by atoms with E-state index in [1.807, 2.05) is 18.2 Å². The first-order chi connectivity index (χ1) is 13.4. The minimum atomic E-state index is -3.53. The highest BCUT2D eigenvalue weighted by Crippen LogP contribution is 2.21. The molecule has 0 atom stereocenters. The van der Waals surface area contributed by atoms with E-state index in [1.165, 1.54) is 33.0 Å². The van der Waals surface area contributed by atoms with Crippen LogP contribution in [0.15, 0.2) is 53.4 Å². The first-order valence-corrected chi connectivity index (χ1v) is 11.5. The number of thiazole rings is 1. The fourth-order valence-corrected chi connectivity index (χ4v) is 5.92. The van der Waals surface area contributed by atoms with Crippen molar-refractivity contribution in [3.63, 3.8) is 0 Å². The second kappa shape index (κ2) is 7.71. The van der Waals surface area contributed by atoms with E-state index in [0.717, 1.165) is 30.2 Å². The van der Waals surface area contributed by atoms with Gasteiger partial charge in [-0.3, -0.25) is 4.79 Å². The number of Topliss-reactive ketones (excluding diaryl/α,β-unsaturated/α-hetero) is 1. The predicted molar refractivity (Wildman–Crippen MR) is 109 cm³/mol. The molecule has 8 heteroatoms. The fourth-order valence-electron chi connectivity index (χ4n) is 3.44. The molecule has 1 N–H and O–H groups in total. The lowest BCUT2D eigenvalue weighted by Crippen LogP contribution is -3.13. The summed E-state index contributed by atoms with van der Waals surface area (Å²) in [6.07, 6.45) is 0. The number of hydrogen-bond acceptors (Lipinski definition) is 5. The van der Waals surface area contributed by atoms with E-state index in [-0.39, 0.29) is 10.7 Å². The number of hydrogen-bond donors (Lipinski definition) is 1. The zero-order valence-electron chi connectivity index (χ0n) is 15.6. The second-order valence-electron chi connectivity index (χ2n) is 6.99. The van der Waals surface area contributed by atoms with Gasteiger partial charge in [0, 0.05) is 5.56 Å². The molecule has 28 heavy (non-hydrogen) atoms. The molecule has 1 aromatic heterocycles. The summed E-state index contributed by atoms with van der Waals surface area (Å²) in [5.41, 5.74) is 1.54. The molecule has 0 spiro atoms. The number of fused-ring (bicyclic) bond motifs is 1. The van der Waals surface area contributed by atoms with Crippen molar-refractivity contribution in [1.82, 2.24) is 9.29 Å². The number of quaternary nitrogens is 1. The summed E-state index contributed by atoms with van der Waals surface area (Å²) in [5, 5.41) is 1.09. The molecule has 0 bridgehead atoms. The molecule has 1 aliphatic heterocycles. The third-order valence-electron chi connectivity index (χ3n) is 5.07. The molecule has 1 fully saturated rings. The summed E-state index contributed by atoms with van der Waals surface area (Å²) in [6.45, 7) is 4.76. The molecule has 1 aliphatic rings. The van der Waals surface area contributed by atoms with E-state index in [1.54, 1.807) is 23.5 Å². The van der Waals surface area contributed by atoms with Crippen LogP contribution in [-0.2, 0) is 16.6 Å². The summed E-state index contributed by atoms with van der Waals surface area (Å²) in [5.74, 6) is -0.0731. The van der Waals surface area contributed by atoms with Crippen LogP contribution in [-0.4, -0.2) is 49.7 Å². The first-order valence-electron chi connectivity index (χ1n) is 9.23. The Balaban J connectivity index is 1.40. The van der Waals surface area contributed by atoms with Gasteiger partial charge in [0.2, 0.25) is 10.0 Å². The number of rotatable bonds is 5. The number of nitrogens with zero attached hydrogens (tertiary/aromatic N) is 2. The number of aromatic nitrogens is 1. The van der Waals surface area contributed by atoms with Crippen LogP contribution < -0.4 is 4.90 Å². The van der Waals surface area contributed by atoms with Crippen LogP contribution >= 0.6 is 11.3 Å². The van der Waals surface area contributed by atoms with Gasteiger partial charge in [-0.2, -0.15) is 4.31 Å². The van der Waals surface area contributed by atoms with Crippen molar-refractivity contribution in [3.05, 3.63) is 59.1 Å². The maximum Gasteiger partial charge on any atom is 0.243 e. The third kappa shape index (κ3) is 3.86. The van der Waals surface area contributed by atoms with E-state index in [2.05, 4.69) is 11.1 Å². The Hall–Kier alpha value is -2.13. The average Bonchev–Trinajstić information content (AvgIpc) is 3.10. The maximum atomic E-state index is 12.9. The topological polar surface area (TPSA) is 71.8 Å². The zero-order valence-corrected chi connectivity index (χ0v) is 17.2. The number of ketones is 1. The van der Waals surface area contributed by atoms with Crippen molar-refractivity contribution >= 4 is 37.4 Å². The quantitative estimate of drug-likeness (QED) is 0.641. The van der Waals surface area contributed by atoms with Gasteiger partial charge in [-0.05, 0) is 31.2 Å². The zero-order chi connectivity index (χ0) is 19.7. The van der Waals surface area contributed by atoms with Gasteiger partial charge in [0.1, 0.15) is 11.6 Å². The van der Waals surface area contributed by atoms with Gasteiger partial charge in [-0.25, -0.2) is 13.4 Å². The minimum Gasteiger partial charge on any atom is -0.327 e. The summed E-state index contributed by atoms with van der Waals surface area (Å²) in [7, 11) is -3.53. The highest BCUT2D eigenvalue weighted by Gasteiger charge is 2.30. The molecule has 0 aliphatic carbocycles. The van der Waals surface area contributed by atoms with Crippen LogP contribution in [0.4, 0.5) is 0 Å². The van der Waals surface area contributed by atoms with Crippen molar-refractivity contribution in [3.8, 4) is 0 Å². The molecule has 146 valence electrons. The number of para-hydroxylation sites is 1. The molecule has 0 amide bonds. The molecule has 4 rings (SSSR count). The number of carbonyl (C=O) groups is 1. The smallest absolute Gasteiger partial charge is 0.243 e. The van der Waals surface area contributed by atoms with Crippen molar-refractivity contribution in [2.45, 2.75) is 18.4 Å². The maximum absolute atomic E-state index is 12.9. The molecular weight excluding hydrogens is 394 g/mol. The Labute approximate surface area is 168 Å². The average molecular weight is 417 g/mol. The number of benzene rings is 2. The van der Waals surface area contributed by atoms with Gasteiger partial charge >= 0.3 is 0 Å². The number of sulfonamides is 1. The lowest BCUT2D eigenvalue weighted by molar-refractivity contribution is -0.917. The molecule has 3 aromatic rings. The van der Waals surface area contributed by atoms with Gasteiger partial charge in [0.25, 0.3) is 0 Å². The third-order valence-corrected chi connectivity index (χ3v) is 8.02. The van der Waals surface area contributed by atoms with Gasteiger partial charge < -0.3 is 4.90 Å². The Morgan fingerprint density at radius 3 is 2.43 bits per heavy atom. The van der Waals surface area contributed by atoms with Crippen LogP contribution in [0.1, 0.15) is 22.3 Å². The summed E-state index contributed by atoms with van der Waals surface area (Å²) >= 11 is 1.71. The molecule has 0 unspecified atom stereocenters. The molecule has 2 heterocycles. The standard InChI is InChI=1S/C20H21N3O3S2/c1-15(24)16-6-8-17(9-7-16)28(25,26)23-12-10-22(11-13-23)14-20-21-18-4-2-3-5-19(18)27-20/h2-9H,10-14H2,1H3/p+1. The Morgan fingerprint density at radius 2 is 1.79 bits per heavy atom. The second-order valence-corrected chi connectivity index (χ2v) is 10.0. The van der Waals surface area contributed by atoms with E-state index in [9.17, 15) is 13.2 Å². The van der Waals surface area contributed by atoms with E-state index in [0.29, 0.717) is 18.7 Å². The van der Waals surface area contributed by atoms with Crippen LogP contribution in [0.2, 0.25) is 0 Å². The van der Waals surface area contributed by atoms with E-state index < -0.39 is 10.0 Å². The summed E-state index contributed by atoms with van der Waals surface area (Å²) in [6, 6.07) is 14.3. The lowest BCUT2D eigenvalue weighted by atomic mass is 10.2. The van der Waals surface area contributed by atoms with Crippen molar-refractivity contribution in [2.75, 3.05) is 26.2 Å². The lowest BCUT2D eigenvalue weighted by Gasteiger charge is -2.31. The number of nitrogens with one attached hydrogen (secondary N) is 1. The Bertz CT molecular complexity index is 1070. The molecule has 2 aromatic carbocycles. The van der Waals surface area contributed by atoms with Crippen LogP contribution in [0.25, 0.3) is 10.2 Å². The fraction of sp³-hybridized carbons (Fsp3) is 0.300. The highest BCUT2D eigenvalue weighted by molar-refractivity contribution is 7.89. The summed E-state index contributed by atoms with van der Waals surface area (Å²) in [4.78, 5) is 17.7. The molecule has 0 radical (unpaired) electrons. The monoisotopic (exact) mass is 416 g/mol. The number of carbonyl (C=O) groups excluding carboxylic acids is 1. The van der Waals surface area contributed by atoms with E-state index in [4.69, 9.17) is 0 Å². The van der Waals surface area contributed by atoms with Crippen LogP contribution in [0.5, 0.6) is 0 Å². The molecule has 6 nitrogen and oxygen atoms in total. The highest BCUT2D eigenvalue weighted by atomic mass is 32.2. The normalized spacial score (nSPS) is 16.5. The molecule has 1 saturated heterocycles. The summed E-state index contributed by atoms with van der Waals surface area (Å²) < 4.78 is 28.5. The number of piperazine rings is 1. The van der Waals surface area contributed by atoms with Gasteiger partial charge in [0.15, 0.2) is 5.78 Å². The largest absolute Gasteiger partial charge is 0.327 e. The van der Waals surface area contributed by atoms with Crippen molar-refractivity contribution < 1.29 is 18.1 Å². The van der Waals surface area contributed by atoms with Crippen molar-refractivity contribution in [2.24, 2.45) is 0 Å². The Kier molecular flexibility index (Phi) is 5.29. The van der Waals surface area contributed by atoms with Crippen molar-refractivity contribution in [1.29, 1.82) is 0 Å². The van der Waals surface area contributed by atoms with Crippen LogP contribution in [0, 0.1) is 0 Å². The van der Waals surface area contributed by atoms with Crippen LogP contribution in [0.3, 0.4) is 0 Å². The van der Waals surface area contributed by atoms with E-state index >= 15 is 0 Å². The molecular formula is C20H22N3O3S2+. The first kappa shape index (κ1) is 19.2. The Morgan fingerprint density at radius 1 is 1.11 bits per heavy atom. The minimum absolute atomic E-state index is 0.0731. The van der Waals surface area contributed by atoms with Gasteiger partial charge in [-0.15, -0.1) is 11.3 Å².